The molecule has 0 bridgehead atoms. The molecule has 0 saturated heterocycles. The van der Waals surface area contributed by atoms with Gasteiger partial charge in [0.1, 0.15) is 0 Å². The van der Waals surface area contributed by atoms with Gasteiger partial charge in [-0.25, -0.2) is 0 Å². The van der Waals surface area contributed by atoms with E-state index in [1.807, 2.05) is 18.2 Å². The maximum atomic E-state index is 6.13. The Balaban J connectivity index is 2.82. The van der Waals surface area contributed by atoms with Gasteiger partial charge in [0, 0.05) is 14.9 Å². The summed E-state index contributed by atoms with van der Waals surface area (Å²) in [5.74, 6) is 0.598. The van der Waals surface area contributed by atoms with Gasteiger partial charge in [0.05, 0.1) is 0 Å². The van der Waals surface area contributed by atoms with Crippen LogP contribution < -0.4 is 0 Å². The van der Waals surface area contributed by atoms with Crippen molar-refractivity contribution < 1.29 is 0 Å². The maximum absolute atomic E-state index is 6.13. The van der Waals surface area contributed by atoms with Gasteiger partial charge in [-0.15, -0.1) is 0 Å². The van der Waals surface area contributed by atoms with Crippen LogP contribution in [0.5, 0.6) is 0 Å². The van der Waals surface area contributed by atoms with E-state index in [4.69, 9.17) is 23.2 Å². The van der Waals surface area contributed by atoms with Gasteiger partial charge in [-0.05, 0) is 36.1 Å². The lowest BCUT2D eigenvalue weighted by Crippen LogP contribution is -2.13. The Bertz CT molecular complexity index is 323. The summed E-state index contributed by atoms with van der Waals surface area (Å²) in [6, 6.07) is 5.65. The van der Waals surface area contributed by atoms with E-state index in [1.54, 1.807) is 0 Å². The molecule has 0 aliphatic heterocycles. The van der Waals surface area contributed by atoms with Crippen LogP contribution in [0.2, 0.25) is 10.0 Å². The highest BCUT2D eigenvalue weighted by Gasteiger charge is 2.14. The Morgan fingerprint density at radius 2 is 2.00 bits per heavy atom. The second-order valence-electron chi connectivity index (χ2n) is 3.79. The maximum Gasteiger partial charge on any atom is 0.0439 e. The molecule has 0 aliphatic rings. The third-order valence-corrected chi connectivity index (χ3v) is 4.02. The van der Waals surface area contributed by atoms with E-state index in [2.05, 4.69) is 29.8 Å². The summed E-state index contributed by atoms with van der Waals surface area (Å²) in [5, 5.41) is 1.57. The molecule has 1 aromatic carbocycles. The second kappa shape index (κ2) is 6.12. The Kier molecular flexibility index (Phi) is 5.45. The van der Waals surface area contributed by atoms with Crippen LogP contribution in [0.15, 0.2) is 18.2 Å². The van der Waals surface area contributed by atoms with E-state index in [9.17, 15) is 0 Å². The molecule has 1 rings (SSSR count). The van der Waals surface area contributed by atoms with Gasteiger partial charge >= 0.3 is 0 Å². The first-order valence-corrected chi connectivity index (χ1v) is 6.79. The van der Waals surface area contributed by atoms with Crippen molar-refractivity contribution in [2.75, 3.05) is 0 Å². The molecule has 1 aromatic rings. The zero-order valence-corrected chi connectivity index (χ0v) is 12.0. The largest absolute Gasteiger partial charge is 0.0891 e. The Morgan fingerprint density at radius 1 is 1.33 bits per heavy atom. The summed E-state index contributed by atoms with van der Waals surface area (Å²) >= 11 is 15.7. The summed E-state index contributed by atoms with van der Waals surface area (Å²) < 4.78 is 0. The number of hydrogen-bond acceptors (Lipinski definition) is 0. The minimum Gasteiger partial charge on any atom is -0.0891 e. The van der Waals surface area contributed by atoms with Crippen molar-refractivity contribution in [3.8, 4) is 0 Å². The summed E-state index contributed by atoms with van der Waals surface area (Å²) in [6.45, 7) is 4.37. The molecule has 0 aliphatic carbocycles. The van der Waals surface area contributed by atoms with Gasteiger partial charge in [0.2, 0.25) is 0 Å². The molecule has 0 nitrogen and oxygen atoms in total. The normalized spacial score (nSPS) is 15.0. The highest BCUT2D eigenvalue weighted by Crippen LogP contribution is 2.27. The number of halogens is 3. The van der Waals surface area contributed by atoms with Gasteiger partial charge in [0.15, 0.2) is 0 Å². The quantitative estimate of drug-likeness (QED) is 0.658. The molecule has 2 atom stereocenters. The molecule has 0 heterocycles. The zero-order chi connectivity index (χ0) is 11.4. The van der Waals surface area contributed by atoms with Crippen LogP contribution in [-0.2, 0) is 6.42 Å². The first kappa shape index (κ1) is 13.3. The van der Waals surface area contributed by atoms with Gasteiger partial charge in [-0.3, -0.25) is 0 Å². The van der Waals surface area contributed by atoms with Crippen molar-refractivity contribution >= 4 is 39.1 Å². The van der Waals surface area contributed by atoms with Crippen LogP contribution in [0.3, 0.4) is 0 Å². The third-order valence-electron chi connectivity index (χ3n) is 2.66. The fraction of sp³-hybridized carbons (Fsp3) is 0.500. The number of alkyl halides is 1. The lowest BCUT2D eigenvalue weighted by molar-refractivity contribution is 0.508. The van der Waals surface area contributed by atoms with Crippen LogP contribution in [0.25, 0.3) is 0 Å². The van der Waals surface area contributed by atoms with Crippen molar-refractivity contribution in [2.45, 2.75) is 31.5 Å². The molecule has 3 heteroatoms. The standard InChI is InChI=1S/C12H15BrCl2/c1-3-9(8(2)13)6-10-7-11(14)4-5-12(10)15/h4-5,7-9H,3,6H2,1-2H3. The van der Waals surface area contributed by atoms with E-state index in [0.29, 0.717) is 10.7 Å². The lowest BCUT2D eigenvalue weighted by Gasteiger charge is -2.18. The Morgan fingerprint density at radius 3 is 2.53 bits per heavy atom. The molecule has 84 valence electrons. The van der Waals surface area contributed by atoms with Gasteiger partial charge < -0.3 is 0 Å². The van der Waals surface area contributed by atoms with Gasteiger partial charge in [-0.1, -0.05) is 59.4 Å². The van der Waals surface area contributed by atoms with E-state index < -0.39 is 0 Å². The smallest absolute Gasteiger partial charge is 0.0439 e. The zero-order valence-electron chi connectivity index (χ0n) is 8.93. The summed E-state index contributed by atoms with van der Waals surface area (Å²) in [7, 11) is 0. The highest BCUT2D eigenvalue weighted by atomic mass is 79.9. The third kappa shape index (κ3) is 3.97. The predicted molar refractivity (Wildman–Crippen MR) is 72.3 cm³/mol. The van der Waals surface area contributed by atoms with Crippen LogP contribution in [0.4, 0.5) is 0 Å². The first-order chi connectivity index (χ1) is 7.04. The molecular weight excluding hydrogens is 295 g/mol. The highest BCUT2D eigenvalue weighted by molar-refractivity contribution is 9.09. The van der Waals surface area contributed by atoms with E-state index in [0.717, 1.165) is 28.5 Å². The van der Waals surface area contributed by atoms with Crippen LogP contribution in [-0.4, -0.2) is 4.83 Å². The van der Waals surface area contributed by atoms with Crippen LogP contribution in [0.1, 0.15) is 25.8 Å². The number of benzene rings is 1. The average molecular weight is 310 g/mol. The Hall–Kier alpha value is 0.280. The van der Waals surface area contributed by atoms with Crippen molar-refractivity contribution in [2.24, 2.45) is 5.92 Å². The number of hydrogen-bond donors (Lipinski definition) is 0. The van der Waals surface area contributed by atoms with E-state index >= 15 is 0 Å². The molecule has 0 radical (unpaired) electrons. The van der Waals surface area contributed by atoms with Gasteiger partial charge in [-0.2, -0.15) is 0 Å². The minimum atomic E-state index is 0.498. The fourth-order valence-corrected chi connectivity index (χ4v) is 2.56. The topological polar surface area (TPSA) is 0 Å². The SMILES string of the molecule is CCC(Cc1cc(Cl)ccc1Cl)C(C)Br. The molecule has 0 aromatic heterocycles. The summed E-state index contributed by atoms with van der Waals surface area (Å²) in [6.07, 6.45) is 2.11. The average Bonchev–Trinajstić information content (AvgIpc) is 2.18. The Labute approximate surface area is 110 Å². The van der Waals surface area contributed by atoms with E-state index in [-0.39, 0.29) is 0 Å². The number of rotatable bonds is 4. The second-order valence-corrected chi connectivity index (χ2v) is 6.07. The van der Waals surface area contributed by atoms with E-state index in [1.165, 1.54) is 0 Å². The fourth-order valence-electron chi connectivity index (χ4n) is 1.61. The lowest BCUT2D eigenvalue weighted by atomic mass is 9.94. The molecule has 0 N–H and O–H groups in total. The first-order valence-electron chi connectivity index (χ1n) is 5.12. The summed E-state index contributed by atoms with van der Waals surface area (Å²) in [5.41, 5.74) is 1.14. The molecule has 0 fully saturated rings. The van der Waals surface area contributed by atoms with Gasteiger partial charge in [0.25, 0.3) is 0 Å². The van der Waals surface area contributed by atoms with Crippen molar-refractivity contribution in [1.82, 2.24) is 0 Å². The monoisotopic (exact) mass is 308 g/mol. The van der Waals surface area contributed by atoms with Crippen LogP contribution >= 0.6 is 39.1 Å². The minimum absolute atomic E-state index is 0.498. The molecule has 2 unspecified atom stereocenters. The molecule has 0 spiro atoms. The molecule has 0 saturated carbocycles. The van der Waals surface area contributed by atoms with Crippen molar-refractivity contribution in [3.05, 3.63) is 33.8 Å². The summed E-state index contributed by atoms with van der Waals surface area (Å²) in [4.78, 5) is 0.498. The predicted octanol–water partition coefficient (Wildman–Crippen LogP) is 5.35. The van der Waals surface area contributed by atoms with Crippen molar-refractivity contribution in [1.29, 1.82) is 0 Å². The molecule has 15 heavy (non-hydrogen) atoms. The molecular formula is C12H15BrCl2. The van der Waals surface area contributed by atoms with Crippen molar-refractivity contribution in [3.63, 3.8) is 0 Å². The van der Waals surface area contributed by atoms with Crippen LogP contribution in [0, 0.1) is 5.92 Å². The molecule has 0 amide bonds.